The molecule has 110 valence electrons. The van der Waals surface area contributed by atoms with E-state index in [4.69, 9.17) is 21.7 Å². The van der Waals surface area contributed by atoms with Crippen LogP contribution in [0.2, 0.25) is 0 Å². The van der Waals surface area contributed by atoms with Crippen molar-refractivity contribution in [3.8, 4) is 11.5 Å². The summed E-state index contributed by atoms with van der Waals surface area (Å²) in [7, 11) is 3.17. The second-order valence-electron chi connectivity index (χ2n) is 4.19. The topological polar surface area (TPSA) is 38.8 Å². The Morgan fingerprint density at radius 3 is 2.76 bits per heavy atom. The molecule has 1 aromatic rings. The van der Waals surface area contributed by atoms with Gasteiger partial charge in [-0.25, -0.2) is 0 Å². The van der Waals surface area contributed by atoms with E-state index in [0.29, 0.717) is 27.3 Å². The number of nitrogens with zero attached hydrogens (tertiary/aromatic N) is 1. The second kappa shape index (κ2) is 6.78. The molecule has 1 saturated heterocycles. The van der Waals surface area contributed by atoms with E-state index >= 15 is 0 Å². The van der Waals surface area contributed by atoms with Gasteiger partial charge in [0.2, 0.25) is 0 Å². The summed E-state index contributed by atoms with van der Waals surface area (Å²) < 4.78 is 11.0. The number of benzene rings is 1. The number of ether oxygens (including phenoxy) is 2. The number of carbonyl (C=O) groups excluding carboxylic acids is 1. The van der Waals surface area contributed by atoms with Crippen LogP contribution in [-0.2, 0) is 4.79 Å². The molecule has 1 amide bonds. The number of carbonyl (C=O) groups is 1. The Balaban J connectivity index is 2.34. The summed E-state index contributed by atoms with van der Waals surface area (Å²) in [5, 5.41) is 0. The maximum Gasteiger partial charge on any atom is 0.266 e. The largest absolute Gasteiger partial charge is 0.497 e. The summed E-state index contributed by atoms with van der Waals surface area (Å²) >= 11 is 6.49. The second-order valence-corrected chi connectivity index (χ2v) is 5.86. The Morgan fingerprint density at radius 2 is 2.14 bits per heavy atom. The Morgan fingerprint density at radius 1 is 1.38 bits per heavy atom. The molecule has 1 aromatic carbocycles. The van der Waals surface area contributed by atoms with E-state index in [9.17, 15) is 4.79 Å². The molecule has 1 heterocycles. The quantitative estimate of drug-likeness (QED) is 0.473. The van der Waals surface area contributed by atoms with Crippen LogP contribution in [0, 0.1) is 0 Å². The van der Waals surface area contributed by atoms with Gasteiger partial charge in [-0.1, -0.05) is 30.1 Å². The first-order valence-electron chi connectivity index (χ1n) is 6.19. The van der Waals surface area contributed by atoms with Gasteiger partial charge in [-0.3, -0.25) is 9.69 Å². The Bertz CT molecular complexity index is 625. The van der Waals surface area contributed by atoms with Crippen LogP contribution in [0.25, 0.3) is 6.08 Å². The van der Waals surface area contributed by atoms with Crippen LogP contribution in [0.4, 0.5) is 0 Å². The molecule has 6 heteroatoms. The van der Waals surface area contributed by atoms with E-state index < -0.39 is 0 Å². The number of hydrogen-bond donors (Lipinski definition) is 0. The van der Waals surface area contributed by atoms with E-state index in [1.54, 1.807) is 32.4 Å². The van der Waals surface area contributed by atoms with E-state index in [1.807, 2.05) is 12.1 Å². The van der Waals surface area contributed by atoms with Crippen LogP contribution in [0.5, 0.6) is 11.5 Å². The lowest BCUT2D eigenvalue weighted by molar-refractivity contribution is -0.121. The molecule has 2 rings (SSSR count). The molecule has 1 aliphatic heterocycles. The van der Waals surface area contributed by atoms with Crippen molar-refractivity contribution in [3.63, 3.8) is 0 Å². The van der Waals surface area contributed by atoms with Crippen molar-refractivity contribution in [1.82, 2.24) is 4.90 Å². The van der Waals surface area contributed by atoms with Gasteiger partial charge in [-0.15, -0.1) is 6.58 Å². The van der Waals surface area contributed by atoms with Crippen LogP contribution >= 0.6 is 24.0 Å². The van der Waals surface area contributed by atoms with Crippen molar-refractivity contribution in [1.29, 1.82) is 0 Å². The molecule has 1 fully saturated rings. The van der Waals surface area contributed by atoms with Gasteiger partial charge in [-0.2, -0.15) is 0 Å². The van der Waals surface area contributed by atoms with Crippen molar-refractivity contribution >= 4 is 40.3 Å². The smallest absolute Gasteiger partial charge is 0.266 e. The lowest BCUT2D eigenvalue weighted by atomic mass is 10.1. The highest BCUT2D eigenvalue weighted by Crippen LogP contribution is 2.35. The lowest BCUT2D eigenvalue weighted by Crippen LogP contribution is -2.27. The summed E-state index contributed by atoms with van der Waals surface area (Å²) in [6.07, 6.45) is 3.43. The fourth-order valence-electron chi connectivity index (χ4n) is 1.87. The summed E-state index contributed by atoms with van der Waals surface area (Å²) in [4.78, 5) is 14.4. The maximum absolute atomic E-state index is 12.3. The third kappa shape index (κ3) is 3.28. The van der Waals surface area contributed by atoms with E-state index in [0.717, 1.165) is 5.56 Å². The van der Waals surface area contributed by atoms with Gasteiger partial charge in [0.15, 0.2) is 0 Å². The predicted octanol–water partition coefficient (Wildman–Crippen LogP) is 3.09. The van der Waals surface area contributed by atoms with Gasteiger partial charge in [-0.05, 0) is 18.2 Å². The molecular weight excluding hydrogens is 306 g/mol. The normalized spacial score (nSPS) is 16.5. The van der Waals surface area contributed by atoms with Crippen molar-refractivity contribution in [2.24, 2.45) is 0 Å². The van der Waals surface area contributed by atoms with Crippen molar-refractivity contribution < 1.29 is 14.3 Å². The highest BCUT2D eigenvalue weighted by Gasteiger charge is 2.31. The molecule has 0 aliphatic carbocycles. The molecule has 0 unspecified atom stereocenters. The van der Waals surface area contributed by atoms with Gasteiger partial charge in [0, 0.05) is 18.2 Å². The lowest BCUT2D eigenvalue weighted by Gasteiger charge is -2.10. The average Bonchev–Trinajstić information content (AvgIpc) is 2.75. The molecule has 0 aromatic heterocycles. The summed E-state index contributed by atoms with van der Waals surface area (Å²) in [6, 6.07) is 5.44. The highest BCUT2D eigenvalue weighted by molar-refractivity contribution is 8.26. The number of thioether (sulfide) groups is 1. The molecule has 0 radical (unpaired) electrons. The number of hydrogen-bond acceptors (Lipinski definition) is 5. The van der Waals surface area contributed by atoms with E-state index in [-0.39, 0.29) is 5.91 Å². The van der Waals surface area contributed by atoms with Crippen LogP contribution in [0.1, 0.15) is 5.56 Å². The SMILES string of the molecule is C=CCN1C(=O)C(=Cc2ccc(OC)cc2OC)SC1=S. The van der Waals surface area contributed by atoms with E-state index in [2.05, 4.69) is 6.58 Å². The van der Waals surface area contributed by atoms with Crippen molar-refractivity contribution in [2.45, 2.75) is 0 Å². The summed E-state index contributed by atoms with van der Waals surface area (Å²) in [5.74, 6) is 1.23. The Hall–Kier alpha value is -1.79. The van der Waals surface area contributed by atoms with Crippen LogP contribution in [0.3, 0.4) is 0 Å². The molecule has 0 bridgehead atoms. The predicted molar refractivity (Wildman–Crippen MR) is 89.6 cm³/mol. The zero-order valence-electron chi connectivity index (χ0n) is 11.8. The third-order valence-corrected chi connectivity index (χ3v) is 4.29. The van der Waals surface area contributed by atoms with E-state index in [1.165, 1.54) is 16.7 Å². The summed E-state index contributed by atoms with van der Waals surface area (Å²) in [5.41, 5.74) is 0.803. The summed E-state index contributed by atoms with van der Waals surface area (Å²) in [6.45, 7) is 4.05. The zero-order chi connectivity index (χ0) is 15.4. The number of methoxy groups -OCH3 is 2. The monoisotopic (exact) mass is 321 g/mol. The van der Waals surface area contributed by atoms with Gasteiger partial charge in [0.05, 0.1) is 19.1 Å². The molecule has 21 heavy (non-hydrogen) atoms. The van der Waals surface area contributed by atoms with Crippen LogP contribution in [0.15, 0.2) is 35.8 Å². The minimum absolute atomic E-state index is 0.109. The molecular formula is C15H15NO3S2. The first kappa shape index (κ1) is 15.6. The van der Waals surface area contributed by atoms with Crippen LogP contribution < -0.4 is 9.47 Å². The minimum atomic E-state index is -0.109. The Kier molecular flexibility index (Phi) is 5.03. The van der Waals surface area contributed by atoms with Gasteiger partial charge >= 0.3 is 0 Å². The molecule has 0 N–H and O–H groups in total. The van der Waals surface area contributed by atoms with Crippen molar-refractivity contribution in [3.05, 3.63) is 41.3 Å². The zero-order valence-corrected chi connectivity index (χ0v) is 13.4. The van der Waals surface area contributed by atoms with Gasteiger partial charge in [0.1, 0.15) is 15.8 Å². The van der Waals surface area contributed by atoms with Gasteiger partial charge in [0.25, 0.3) is 5.91 Å². The van der Waals surface area contributed by atoms with Gasteiger partial charge < -0.3 is 9.47 Å². The number of amides is 1. The fraction of sp³-hybridized carbons (Fsp3) is 0.200. The van der Waals surface area contributed by atoms with Crippen LogP contribution in [-0.4, -0.2) is 35.9 Å². The van der Waals surface area contributed by atoms with Crippen molar-refractivity contribution in [2.75, 3.05) is 20.8 Å². The maximum atomic E-state index is 12.3. The highest BCUT2D eigenvalue weighted by atomic mass is 32.2. The number of rotatable bonds is 5. The third-order valence-electron chi connectivity index (χ3n) is 2.91. The minimum Gasteiger partial charge on any atom is -0.497 e. The average molecular weight is 321 g/mol. The fourth-order valence-corrected chi connectivity index (χ4v) is 3.13. The molecule has 1 aliphatic rings. The molecule has 0 spiro atoms. The number of thiocarbonyl (C=S) groups is 1. The molecule has 4 nitrogen and oxygen atoms in total. The Labute approximate surface area is 133 Å². The first-order valence-corrected chi connectivity index (χ1v) is 7.41. The first-order chi connectivity index (χ1) is 10.1. The molecule has 0 atom stereocenters. The standard InChI is InChI=1S/C15H15NO3S2/c1-4-7-16-14(17)13(21-15(16)20)8-10-5-6-11(18-2)9-12(10)19-3/h4-6,8-9H,1,7H2,2-3H3. The molecule has 0 saturated carbocycles.